The van der Waals surface area contributed by atoms with Gasteiger partial charge in [0.1, 0.15) is 22.0 Å². The Morgan fingerprint density at radius 3 is 2.17 bits per heavy atom. The molecule has 4 N–H and O–H groups in total. The fraction of sp³-hybridized carbons (Fsp3) is 0.647. The number of carbonyl (C=O) groups is 6. The van der Waals surface area contributed by atoms with Crippen LogP contribution in [-0.4, -0.2) is 81.6 Å². The first kappa shape index (κ1) is 37.4. The first-order valence-electron chi connectivity index (χ1n) is 16.4. The van der Waals surface area contributed by atoms with Crippen molar-refractivity contribution >= 4 is 58.7 Å². The van der Waals surface area contributed by atoms with Gasteiger partial charge in [-0.05, 0) is 44.1 Å². The number of carbonyl (C=O) groups excluding carboxylic acids is 6. The number of piperidine rings is 1. The molecule has 0 radical (unpaired) electrons. The van der Waals surface area contributed by atoms with Gasteiger partial charge >= 0.3 is 6.09 Å². The highest BCUT2D eigenvalue weighted by atomic mass is 35.5. The third-order valence-corrected chi connectivity index (χ3v) is 10.1. The van der Waals surface area contributed by atoms with Crippen LogP contribution in [0.3, 0.4) is 0 Å². The molecule has 48 heavy (non-hydrogen) atoms. The zero-order valence-corrected chi connectivity index (χ0v) is 29.9. The largest absolute Gasteiger partial charge is 0.444 e. The highest BCUT2D eigenvalue weighted by Gasteiger charge is 2.74. The molecule has 3 aliphatic rings. The summed E-state index contributed by atoms with van der Waals surface area (Å²) < 4.78 is 4.14. The number of ketones is 1. The quantitative estimate of drug-likeness (QED) is 0.191. The first-order valence-corrected chi connectivity index (χ1v) is 17.2. The summed E-state index contributed by atoms with van der Waals surface area (Å²) in [5.74, 6) is -4.46. The Morgan fingerprint density at radius 2 is 1.60 bits per heavy atom. The maximum atomic E-state index is 14.1. The van der Waals surface area contributed by atoms with Gasteiger partial charge in [0.15, 0.2) is 0 Å². The smallest absolute Gasteiger partial charge is 0.408 e. The van der Waals surface area contributed by atoms with Crippen molar-refractivity contribution in [3.8, 4) is 0 Å². The normalized spacial score (nSPS) is 22.7. The van der Waals surface area contributed by atoms with E-state index in [4.69, 9.17) is 27.9 Å². The van der Waals surface area contributed by atoms with Crippen LogP contribution in [0, 0.1) is 23.2 Å². The van der Waals surface area contributed by atoms with Gasteiger partial charge in [0.25, 0.3) is 5.91 Å². The molecule has 2 aliphatic carbocycles. The molecule has 264 valence electrons. The van der Waals surface area contributed by atoms with Crippen molar-refractivity contribution in [1.82, 2.24) is 26.2 Å². The van der Waals surface area contributed by atoms with Gasteiger partial charge < -0.3 is 30.9 Å². The van der Waals surface area contributed by atoms with Crippen LogP contribution in [-0.2, 0) is 35.3 Å². The van der Waals surface area contributed by atoms with Crippen LogP contribution in [0.1, 0.15) is 72.8 Å². The second-order valence-electron chi connectivity index (χ2n) is 15.1. The van der Waals surface area contributed by atoms with E-state index in [1.165, 1.54) is 4.90 Å². The summed E-state index contributed by atoms with van der Waals surface area (Å²) >= 11 is 13.1. The molecule has 5 amide bonds. The molecule has 1 unspecified atom stereocenters. The maximum absolute atomic E-state index is 14.1. The van der Waals surface area contributed by atoms with E-state index >= 15 is 0 Å². The Bertz CT molecular complexity index is 1400. The third kappa shape index (κ3) is 9.19. The molecule has 3 fully saturated rings. The molecule has 12 nitrogen and oxygen atoms in total. The number of alkyl carbamates (subject to hydrolysis) is 1. The van der Waals surface area contributed by atoms with Crippen molar-refractivity contribution in [2.45, 2.75) is 102 Å². The van der Waals surface area contributed by atoms with Crippen LogP contribution in [0.4, 0.5) is 4.79 Å². The number of likely N-dealkylation sites (tertiary alicyclic amines) is 1. The maximum Gasteiger partial charge on any atom is 0.408 e. The van der Waals surface area contributed by atoms with E-state index in [2.05, 4.69) is 21.3 Å². The Kier molecular flexibility index (Phi) is 11.4. The lowest BCUT2D eigenvalue weighted by Crippen LogP contribution is -2.61. The van der Waals surface area contributed by atoms with Gasteiger partial charge in [0.2, 0.25) is 23.5 Å². The third-order valence-electron chi connectivity index (χ3n) is 9.05. The van der Waals surface area contributed by atoms with E-state index in [9.17, 15) is 28.8 Å². The van der Waals surface area contributed by atoms with Crippen LogP contribution in [0.5, 0.6) is 0 Å². The molecular formula is C34H47Cl2N5O7. The van der Waals surface area contributed by atoms with E-state index in [1.807, 2.05) is 30.3 Å². The van der Waals surface area contributed by atoms with E-state index < -0.39 is 87.4 Å². The molecule has 4 rings (SSSR count). The summed E-state index contributed by atoms with van der Waals surface area (Å²) in [7, 11) is 0. The summed E-state index contributed by atoms with van der Waals surface area (Å²) in [5, 5.41) is 10.4. The SMILES string of the molecule is CC(C)(C)OC(=O)N[C@H](C(=O)N1C[C@H]2[C@@H]([C@H]1C(=O)NC(CC1CCC1)C(=O)C(=O)NCC(=O)NCc1ccccc1)C2(Cl)Cl)C(C)(C)C. The van der Waals surface area contributed by atoms with Gasteiger partial charge in [-0.25, -0.2) is 4.79 Å². The van der Waals surface area contributed by atoms with Crippen LogP contribution in [0.2, 0.25) is 0 Å². The van der Waals surface area contributed by atoms with E-state index in [0.717, 1.165) is 24.8 Å². The molecule has 14 heteroatoms. The summed E-state index contributed by atoms with van der Waals surface area (Å²) in [5.41, 5.74) is -0.694. The summed E-state index contributed by atoms with van der Waals surface area (Å²) in [6, 6.07) is 5.83. The molecule has 5 atom stereocenters. The van der Waals surface area contributed by atoms with Gasteiger partial charge in [0.05, 0.1) is 12.6 Å². The Balaban J connectivity index is 1.46. The number of halogens is 2. The number of amides is 5. The molecule has 0 aromatic heterocycles. The van der Waals surface area contributed by atoms with Crippen LogP contribution in [0.15, 0.2) is 30.3 Å². The average Bonchev–Trinajstić information content (AvgIpc) is 3.28. The second kappa shape index (κ2) is 14.6. The van der Waals surface area contributed by atoms with Crippen molar-refractivity contribution in [2.75, 3.05) is 13.1 Å². The zero-order chi connectivity index (χ0) is 35.6. The fourth-order valence-electron chi connectivity index (χ4n) is 6.19. The average molecular weight is 709 g/mol. The highest BCUT2D eigenvalue weighted by Crippen LogP contribution is 2.65. The van der Waals surface area contributed by atoms with E-state index in [1.54, 1.807) is 41.5 Å². The number of Topliss-reactive ketones (excluding diaryl/α,β-unsaturated/α-hetero) is 1. The molecule has 1 heterocycles. The van der Waals surface area contributed by atoms with Crippen molar-refractivity contribution < 1.29 is 33.5 Å². The lowest BCUT2D eigenvalue weighted by molar-refractivity contribution is -0.145. The van der Waals surface area contributed by atoms with Gasteiger partial charge in [-0.1, -0.05) is 70.4 Å². The standard InChI is InChI=1S/C34H47Cl2N5O7/c1-32(2,3)27(40-31(47)48-33(4,5)6)30(46)41-18-21-24(34(21,35)36)25(41)28(44)39-22(15-19-13-10-14-19)26(43)29(45)38-17-23(42)37-16-20-11-8-7-9-12-20/h7-9,11-12,19,21-22,24-25,27H,10,13-18H2,1-6H3,(H,37,42)(H,38,45)(H,39,44)(H,40,47)/t21-,22?,24-,25-,27+/m0/s1. The minimum atomic E-state index is -1.26. The number of hydrogen-bond acceptors (Lipinski definition) is 7. The number of hydrogen-bond donors (Lipinski definition) is 4. The van der Waals surface area contributed by atoms with Gasteiger partial charge in [-0.15, -0.1) is 23.2 Å². The van der Waals surface area contributed by atoms with Crippen LogP contribution < -0.4 is 21.3 Å². The molecule has 1 aromatic carbocycles. The lowest BCUT2D eigenvalue weighted by Gasteiger charge is -2.38. The molecule has 0 spiro atoms. The van der Waals surface area contributed by atoms with Crippen molar-refractivity contribution in [1.29, 1.82) is 0 Å². The highest BCUT2D eigenvalue weighted by molar-refractivity contribution is 6.51. The number of rotatable bonds is 12. The number of nitrogens with zero attached hydrogens (tertiary/aromatic N) is 1. The predicted molar refractivity (Wildman–Crippen MR) is 180 cm³/mol. The minimum absolute atomic E-state index is 0.0665. The number of ether oxygens (including phenoxy) is 1. The van der Waals surface area contributed by atoms with E-state index in [-0.39, 0.29) is 25.4 Å². The Morgan fingerprint density at radius 1 is 0.958 bits per heavy atom. The summed E-state index contributed by atoms with van der Waals surface area (Å²) in [6.07, 6.45) is 2.11. The molecule has 1 saturated heterocycles. The molecule has 1 aromatic rings. The van der Waals surface area contributed by atoms with Gasteiger partial charge in [0, 0.05) is 24.9 Å². The van der Waals surface area contributed by atoms with Gasteiger partial charge in [-0.3, -0.25) is 24.0 Å². The number of benzene rings is 1. The monoisotopic (exact) mass is 707 g/mol. The zero-order valence-electron chi connectivity index (χ0n) is 28.4. The molecular weight excluding hydrogens is 661 g/mol. The number of fused-ring (bicyclic) bond motifs is 1. The molecule has 0 bridgehead atoms. The summed E-state index contributed by atoms with van der Waals surface area (Å²) in [6.45, 7) is 10.4. The first-order chi connectivity index (χ1) is 22.3. The Hall–Kier alpha value is -3.38. The number of nitrogens with one attached hydrogen (secondary N) is 4. The summed E-state index contributed by atoms with van der Waals surface area (Å²) in [4.78, 5) is 80.9. The second-order valence-corrected chi connectivity index (χ2v) is 16.5. The fourth-order valence-corrected chi connectivity index (χ4v) is 7.01. The lowest BCUT2D eigenvalue weighted by atomic mass is 9.80. The van der Waals surface area contributed by atoms with E-state index in [0.29, 0.717) is 0 Å². The topological polar surface area (TPSA) is 163 Å². The number of alkyl halides is 2. The van der Waals surface area contributed by atoms with Gasteiger partial charge in [-0.2, -0.15) is 0 Å². The van der Waals surface area contributed by atoms with Crippen LogP contribution in [0.25, 0.3) is 0 Å². The van der Waals surface area contributed by atoms with Crippen molar-refractivity contribution in [3.63, 3.8) is 0 Å². The van der Waals surface area contributed by atoms with Crippen molar-refractivity contribution in [2.24, 2.45) is 23.2 Å². The molecule has 1 aliphatic heterocycles. The molecule has 2 saturated carbocycles. The predicted octanol–water partition coefficient (Wildman–Crippen LogP) is 3.23. The minimum Gasteiger partial charge on any atom is -0.444 e. The van der Waals surface area contributed by atoms with Crippen LogP contribution >= 0.6 is 23.2 Å². The van der Waals surface area contributed by atoms with Crippen molar-refractivity contribution in [3.05, 3.63) is 35.9 Å². The Labute approximate surface area is 291 Å².